The number of anilines is 1. The molecular weight excluding hydrogens is 258 g/mol. The molecule has 0 heterocycles. The lowest BCUT2D eigenvalue weighted by Crippen LogP contribution is -2.30. The second-order valence-electron chi connectivity index (χ2n) is 3.94. The summed E-state index contributed by atoms with van der Waals surface area (Å²) in [6, 6.07) is 8.76. The Balaban J connectivity index is 2.31. The van der Waals surface area contributed by atoms with Gasteiger partial charge in [0.05, 0.1) is 30.8 Å². The third-order valence-electron chi connectivity index (χ3n) is 2.42. The van der Waals surface area contributed by atoms with Gasteiger partial charge >= 0.3 is 5.97 Å². The third-order valence-corrected chi connectivity index (χ3v) is 2.42. The molecule has 0 aliphatic heterocycles. The average Bonchev–Trinajstić information content (AvgIpc) is 2.44. The Hall–Kier alpha value is -2.39. The van der Waals surface area contributed by atoms with Crippen LogP contribution in [0.3, 0.4) is 0 Å². The number of para-hydroxylation sites is 1. The number of hydrogen-bond acceptors (Lipinski definition) is 5. The highest BCUT2D eigenvalue weighted by Gasteiger charge is 2.06. The predicted molar refractivity (Wildman–Crippen MR) is 73.9 cm³/mol. The van der Waals surface area contributed by atoms with Crippen molar-refractivity contribution in [2.24, 2.45) is 0 Å². The minimum Gasteiger partial charge on any atom is -0.466 e. The number of nitriles is 1. The molecule has 0 fully saturated rings. The van der Waals surface area contributed by atoms with Crippen molar-refractivity contribution >= 4 is 17.6 Å². The fourth-order valence-corrected chi connectivity index (χ4v) is 1.51. The highest BCUT2D eigenvalue weighted by atomic mass is 16.5. The van der Waals surface area contributed by atoms with E-state index in [1.54, 1.807) is 31.2 Å². The van der Waals surface area contributed by atoms with Crippen LogP contribution in [0.4, 0.5) is 5.69 Å². The van der Waals surface area contributed by atoms with E-state index in [4.69, 9.17) is 10.00 Å². The molecule has 0 bridgehead atoms. The molecule has 2 N–H and O–H groups in total. The van der Waals surface area contributed by atoms with Gasteiger partial charge in [0.15, 0.2) is 0 Å². The number of hydrogen-bond donors (Lipinski definition) is 2. The molecule has 106 valence electrons. The molecule has 1 aromatic carbocycles. The van der Waals surface area contributed by atoms with Crippen molar-refractivity contribution in [1.29, 1.82) is 5.26 Å². The van der Waals surface area contributed by atoms with Crippen molar-refractivity contribution in [1.82, 2.24) is 5.32 Å². The van der Waals surface area contributed by atoms with E-state index in [0.29, 0.717) is 24.4 Å². The fraction of sp³-hybridized carbons (Fsp3) is 0.357. The molecule has 6 heteroatoms. The van der Waals surface area contributed by atoms with Crippen molar-refractivity contribution in [3.05, 3.63) is 29.8 Å². The number of nitrogens with one attached hydrogen (secondary N) is 2. The van der Waals surface area contributed by atoms with Crippen LogP contribution in [0.1, 0.15) is 18.9 Å². The van der Waals surface area contributed by atoms with Gasteiger partial charge in [-0.1, -0.05) is 12.1 Å². The summed E-state index contributed by atoms with van der Waals surface area (Å²) in [4.78, 5) is 22.7. The maximum absolute atomic E-state index is 11.7. The monoisotopic (exact) mass is 275 g/mol. The lowest BCUT2D eigenvalue weighted by atomic mass is 10.2. The number of carbonyl (C=O) groups is 2. The van der Waals surface area contributed by atoms with E-state index in [1.165, 1.54) is 0 Å². The molecule has 0 saturated heterocycles. The summed E-state index contributed by atoms with van der Waals surface area (Å²) in [5.41, 5.74) is 0.888. The number of esters is 1. The van der Waals surface area contributed by atoms with E-state index in [2.05, 4.69) is 10.6 Å². The Morgan fingerprint density at radius 3 is 2.80 bits per heavy atom. The number of nitrogens with zero attached hydrogens (tertiary/aromatic N) is 1. The van der Waals surface area contributed by atoms with Crippen LogP contribution in [-0.4, -0.2) is 31.6 Å². The maximum Gasteiger partial charge on any atom is 0.307 e. The van der Waals surface area contributed by atoms with E-state index in [0.717, 1.165) is 0 Å². The molecule has 1 aromatic rings. The van der Waals surface area contributed by atoms with Crippen LogP contribution >= 0.6 is 0 Å². The number of carbonyl (C=O) groups excluding carboxylic acids is 2. The van der Waals surface area contributed by atoms with Crippen LogP contribution in [0.5, 0.6) is 0 Å². The maximum atomic E-state index is 11.7. The third kappa shape index (κ3) is 5.50. The lowest BCUT2D eigenvalue weighted by molar-refractivity contribution is -0.143. The van der Waals surface area contributed by atoms with Gasteiger partial charge in [-0.05, 0) is 19.1 Å². The first-order chi connectivity index (χ1) is 9.67. The topological polar surface area (TPSA) is 91.2 Å². The molecule has 0 aliphatic rings. The summed E-state index contributed by atoms with van der Waals surface area (Å²) in [5.74, 6) is -0.563. The SMILES string of the molecule is CCOC(=O)CCNCC(=O)Nc1ccccc1C#N. The van der Waals surface area contributed by atoms with E-state index < -0.39 is 0 Å². The van der Waals surface area contributed by atoms with Gasteiger partial charge in [-0.3, -0.25) is 9.59 Å². The normalized spacial score (nSPS) is 9.60. The van der Waals surface area contributed by atoms with Crippen LogP contribution in [-0.2, 0) is 14.3 Å². The standard InChI is InChI=1S/C14H17N3O3/c1-2-20-14(19)7-8-16-10-13(18)17-12-6-4-3-5-11(12)9-15/h3-6,16H,2,7-8,10H2,1H3,(H,17,18). The minimum absolute atomic E-state index is 0.0686. The average molecular weight is 275 g/mol. The second-order valence-corrected chi connectivity index (χ2v) is 3.94. The molecule has 0 unspecified atom stereocenters. The van der Waals surface area contributed by atoms with Crippen LogP contribution in [0.15, 0.2) is 24.3 Å². The number of rotatable bonds is 7. The fourth-order valence-electron chi connectivity index (χ4n) is 1.51. The summed E-state index contributed by atoms with van der Waals surface area (Å²) < 4.78 is 4.76. The number of amides is 1. The van der Waals surface area contributed by atoms with E-state index >= 15 is 0 Å². The van der Waals surface area contributed by atoms with Gasteiger partial charge in [0, 0.05) is 6.54 Å². The first-order valence-electron chi connectivity index (χ1n) is 6.32. The minimum atomic E-state index is -0.296. The lowest BCUT2D eigenvalue weighted by Gasteiger charge is -2.07. The molecular formula is C14H17N3O3. The Morgan fingerprint density at radius 1 is 1.35 bits per heavy atom. The molecule has 0 radical (unpaired) electrons. The number of benzene rings is 1. The summed E-state index contributed by atoms with van der Waals surface area (Å²) in [5, 5.41) is 14.4. The van der Waals surface area contributed by atoms with Crippen molar-refractivity contribution < 1.29 is 14.3 Å². The van der Waals surface area contributed by atoms with Crippen LogP contribution in [0, 0.1) is 11.3 Å². The van der Waals surface area contributed by atoms with Gasteiger partial charge in [-0.25, -0.2) is 0 Å². The largest absolute Gasteiger partial charge is 0.466 e. The van der Waals surface area contributed by atoms with Crippen molar-refractivity contribution in [2.45, 2.75) is 13.3 Å². The highest BCUT2D eigenvalue weighted by Crippen LogP contribution is 2.12. The summed E-state index contributed by atoms with van der Waals surface area (Å²) >= 11 is 0. The van der Waals surface area contributed by atoms with Crippen LogP contribution in [0.25, 0.3) is 0 Å². The molecule has 1 rings (SSSR count). The predicted octanol–water partition coefficient (Wildman–Crippen LogP) is 1.04. The molecule has 0 aliphatic carbocycles. The van der Waals surface area contributed by atoms with Crippen LogP contribution in [0.2, 0.25) is 0 Å². The number of ether oxygens (including phenoxy) is 1. The Bertz CT molecular complexity index is 509. The molecule has 20 heavy (non-hydrogen) atoms. The zero-order chi connectivity index (χ0) is 14.8. The van der Waals surface area contributed by atoms with Crippen molar-refractivity contribution in [3.63, 3.8) is 0 Å². The molecule has 1 amide bonds. The van der Waals surface area contributed by atoms with Gasteiger partial charge in [0.1, 0.15) is 6.07 Å². The summed E-state index contributed by atoms with van der Waals surface area (Å²) in [6.07, 6.45) is 0.218. The summed E-state index contributed by atoms with van der Waals surface area (Å²) in [7, 11) is 0. The van der Waals surface area contributed by atoms with Crippen molar-refractivity contribution in [2.75, 3.05) is 25.0 Å². The Morgan fingerprint density at radius 2 is 2.10 bits per heavy atom. The van der Waals surface area contributed by atoms with E-state index in [1.807, 2.05) is 6.07 Å². The summed E-state index contributed by atoms with van der Waals surface area (Å²) in [6.45, 7) is 2.53. The van der Waals surface area contributed by atoms with E-state index in [9.17, 15) is 9.59 Å². The van der Waals surface area contributed by atoms with Gasteiger partial charge < -0.3 is 15.4 Å². The van der Waals surface area contributed by atoms with Gasteiger partial charge in [-0.2, -0.15) is 5.26 Å². The van der Waals surface area contributed by atoms with Gasteiger partial charge in [0.25, 0.3) is 0 Å². The quantitative estimate of drug-likeness (QED) is 0.573. The van der Waals surface area contributed by atoms with Crippen LogP contribution < -0.4 is 10.6 Å². The zero-order valence-electron chi connectivity index (χ0n) is 11.3. The second kappa shape index (κ2) is 8.67. The van der Waals surface area contributed by atoms with E-state index in [-0.39, 0.29) is 24.8 Å². The van der Waals surface area contributed by atoms with Gasteiger partial charge in [-0.15, -0.1) is 0 Å². The smallest absolute Gasteiger partial charge is 0.307 e. The van der Waals surface area contributed by atoms with Gasteiger partial charge in [0.2, 0.25) is 5.91 Å². The molecule has 0 saturated carbocycles. The highest BCUT2D eigenvalue weighted by molar-refractivity contribution is 5.93. The zero-order valence-corrected chi connectivity index (χ0v) is 11.3. The molecule has 0 atom stereocenters. The Labute approximate surface area is 117 Å². The first-order valence-corrected chi connectivity index (χ1v) is 6.32. The molecule has 6 nitrogen and oxygen atoms in total. The molecule has 0 aromatic heterocycles. The molecule has 0 spiro atoms. The first kappa shape index (κ1) is 15.7. The van der Waals surface area contributed by atoms with Crippen molar-refractivity contribution in [3.8, 4) is 6.07 Å². The Kier molecular flexibility index (Phi) is 6.79.